The summed E-state index contributed by atoms with van der Waals surface area (Å²) in [5.41, 5.74) is 1.99. The number of aromatic nitrogens is 1. The highest BCUT2D eigenvalue weighted by atomic mass is 35.5. The highest BCUT2D eigenvalue weighted by molar-refractivity contribution is 7.22. The van der Waals surface area contributed by atoms with Crippen molar-refractivity contribution < 1.29 is 24.2 Å². The summed E-state index contributed by atoms with van der Waals surface area (Å²) in [6, 6.07) is 19.0. The standard InChI is InChI=1S/C33H31ClN2O5S/c1-4-40-27-18-22(11-15-26(27)41-17-16-20(2)3)30-29(25(37)14-10-21-8-6-5-7-9-21)31(38)32(39)36(30)33-35-24-13-12-23(34)19-28(24)42-33/h5-15,18-20,30,38H,4,16-17H2,1-3H3/b14-10+. The Kier molecular flexibility index (Phi) is 8.94. The molecule has 2 heterocycles. The summed E-state index contributed by atoms with van der Waals surface area (Å²) in [6.45, 7) is 7.04. The van der Waals surface area contributed by atoms with E-state index in [0.717, 1.165) is 16.7 Å². The molecule has 0 fully saturated rings. The fourth-order valence-corrected chi connectivity index (χ4v) is 5.94. The summed E-state index contributed by atoms with van der Waals surface area (Å²) < 4.78 is 12.7. The van der Waals surface area contributed by atoms with Crippen LogP contribution in [0.3, 0.4) is 0 Å². The van der Waals surface area contributed by atoms with Crippen LogP contribution in [0.25, 0.3) is 16.3 Å². The second-order valence-corrected chi connectivity index (χ2v) is 11.7. The van der Waals surface area contributed by atoms with Crippen molar-refractivity contribution in [1.29, 1.82) is 0 Å². The Hall–Kier alpha value is -4.14. The Bertz CT molecular complexity index is 1680. The fraction of sp³-hybridized carbons (Fsp3) is 0.242. The number of thiazole rings is 1. The average molecular weight is 603 g/mol. The first-order valence-corrected chi connectivity index (χ1v) is 15.0. The van der Waals surface area contributed by atoms with Crippen molar-refractivity contribution in [2.75, 3.05) is 18.1 Å². The van der Waals surface area contributed by atoms with E-state index in [2.05, 4.69) is 18.8 Å². The lowest BCUT2D eigenvalue weighted by Gasteiger charge is -2.25. The van der Waals surface area contributed by atoms with Gasteiger partial charge in [-0.15, -0.1) is 0 Å². The number of allylic oxidation sites excluding steroid dienone is 1. The number of fused-ring (bicyclic) bond motifs is 1. The number of amides is 1. The summed E-state index contributed by atoms with van der Waals surface area (Å²) >= 11 is 7.46. The van der Waals surface area contributed by atoms with E-state index in [9.17, 15) is 14.7 Å². The largest absolute Gasteiger partial charge is 0.503 e. The first kappa shape index (κ1) is 29.4. The van der Waals surface area contributed by atoms with Crippen molar-refractivity contribution in [2.24, 2.45) is 5.92 Å². The van der Waals surface area contributed by atoms with Gasteiger partial charge in [-0.05, 0) is 66.8 Å². The minimum absolute atomic E-state index is 0.0413. The van der Waals surface area contributed by atoms with Crippen molar-refractivity contribution >= 4 is 56.1 Å². The Morgan fingerprint density at radius 3 is 2.62 bits per heavy atom. The molecular formula is C33H31ClN2O5S. The minimum atomic E-state index is -0.953. The highest BCUT2D eigenvalue weighted by Crippen LogP contribution is 2.45. The number of aliphatic hydroxyl groups is 1. The van der Waals surface area contributed by atoms with Crippen LogP contribution in [0.5, 0.6) is 11.5 Å². The summed E-state index contributed by atoms with van der Waals surface area (Å²) in [5, 5.41) is 12.0. The van der Waals surface area contributed by atoms with Crippen LogP contribution in [0.1, 0.15) is 44.4 Å². The average Bonchev–Trinajstić information content (AvgIpc) is 3.50. The third-order valence-corrected chi connectivity index (χ3v) is 8.03. The molecule has 0 saturated heterocycles. The first-order valence-electron chi connectivity index (χ1n) is 13.8. The molecule has 0 radical (unpaired) electrons. The lowest BCUT2D eigenvalue weighted by molar-refractivity contribution is -0.117. The molecule has 4 aromatic rings. The number of halogens is 1. The van der Waals surface area contributed by atoms with E-state index in [4.69, 9.17) is 21.1 Å². The molecule has 0 bridgehead atoms. The molecule has 1 aliphatic rings. The van der Waals surface area contributed by atoms with Gasteiger partial charge in [-0.2, -0.15) is 0 Å². The Balaban J connectivity index is 1.59. The van der Waals surface area contributed by atoms with Crippen LogP contribution in [-0.2, 0) is 9.59 Å². The molecule has 3 aromatic carbocycles. The van der Waals surface area contributed by atoms with E-state index in [1.54, 1.807) is 42.5 Å². The van der Waals surface area contributed by atoms with Crippen molar-refractivity contribution in [1.82, 2.24) is 4.98 Å². The van der Waals surface area contributed by atoms with Gasteiger partial charge in [-0.25, -0.2) is 4.98 Å². The number of nitrogens with zero attached hydrogens (tertiary/aromatic N) is 2. The second-order valence-electron chi connectivity index (χ2n) is 10.2. The van der Waals surface area contributed by atoms with Gasteiger partial charge in [0.2, 0.25) is 0 Å². The smallest absolute Gasteiger partial charge is 0.296 e. The molecular weight excluding hydrogens is 572 g/mol. The molecule has 1 amide bonds. The van der Waals surface area contributed by atoms with E-state index in [1.165, 1.54) is 22.3 Å². The van der Waals surface area contributed by atoms with Gasteiger partial charge >= 0.3 is 0 Å². The number of ether oxygens (including phenoxy) is 2. The number of carbonyl (C=O) groups excluding carboxylic acids is 2. The maximum absolute atomic E-state index is 13.7. The van der Waals surface area contributed by atoms with Gasteiger partial charge in [0.05, 0.1) is 35.0 Å². The molecule has 5 rings (SSSR count). The molecule has 1 aliphatic heterocycles. The third kappa shape index (κ3) is 6.20. The number of ketones is 1. The molecule has 1 aromatic heterocycles. The van der Waals surface area contributed by atoms with Gasteiger partial charge in [-0.3, -0.25) is 14.5 Å². The molecule has 0 spiro atoms. The van der Waals surface area contributed by atoms with E-state index in [-0.39, 0.29) is 5.57 Å². The van der Waals surface area contributed by atoms with Crippen LogP contribution >= 0.6 is 22.9 Å². The SMILES string of the molecule is CCOc1cc(C2C(C(=O)/C=C/c3ccccc3)=C(O)C(=O)N2c2nc3ccc(Cl)cc3s2)ccc1OCCC(C)C. The van der Waals surface area contributed by atoms with Crippen LogP contribution in [0, 0.1) is 5.92 Å². The van der Waals surface area contributed by atoms with Gasteiger partial charge in [0.25, 0.3) is 5.91 Å². The van der Waals surface area contributed by atoms with Crippen LogP contribution in [0.2, 0.25) is 5.02 Å². The Morgan fingerprint density at radius 2 is 1.88 bits per heavy atom. The lowest BCUT2D eigenvalue weighted by atomic mass is 9.95. The predicted molar refractivity (Wildman–Crippen MR) is 168 cm³/mol. The lowest BCUT2D eigenvalue weighted by Crippen LogP contribution is -2.30. The van der Waals surface area contributed by atoms with Gasteiger partial charge < -0.3 is 14.6 Å². The maximum Gasteiger partial charge on any atom is 0.296 e. The maximum atomic E-state index is 13.7. The van der Waals surface area contributed by atoms with Gasteiger partial charge in [0, 0.05) is 5.02 Å². The topological polar surface area (TPSA) is 89.0 Å². The first-order chi connectivity index (χ1) is 20.3. The summed E-state index contributed by atoms with van der Waals surface area (Å²) in [7, 11) is 0. The molecule has 42 heavy (non-hydrogen) atoms. The molecule has 1 N–H and O–H groups in total. The Morgan fingerprint density at radius 1 is 1.10 bits per heavy atom. The number of rotatable bonds is 11. The fourth-order valence-electron chi connectivity index (χ4n) is 4.67. The summed E-state index contributed by atoms with van der Waals surface area (Å²) in [5.74, 6) is -0.284. The predicted octanol–water partition coefficient (Wildman–Crippen LogP) is 7.96. The van der Waals surface area contributed by atoms with Gasteiger partial charge in [0.15, 0.2) is 28.2 Å². The van der Waals surface area contributed by atoms with Crippen molar-refractivity contribution in [2.45, 2.75) is 33.2 Å². The van der Waals surface area contributed by atoms with E-state index in [1.807, 2.05) is 37.3 Å². The van der Waals surface area contributed by atoms with Crippen LogP contribution < -0.4 is 14.4 Å². The molecule has 0 saturated carbocycles. The van der Waals surface area contributed by atoms with Crippen LogP contribution in [0.15, 0.2) is 84.1 Å². The summed E-state index contributed by atoms with van der Waals surface area (Å²) in [6.07, 6.45) is 3.91. The molecule has 1 atom stereocenters. The number of carbonyl (C=O) groups is 2. The van der Waals surface area contributed by atoms with E-state index in [0.29, 0.717) is 51.9 Å². The monoisotopic (exact) mass is 602 g/mol. The highest BCUT2D eigenvalue weighted by Gasteiger charge is 2.45. The van der Waals surface area contributed by atoms with Crippen molar-refractivity contribution in [3.05, 3.63) is 100 Å². The molecule has 7 nitrogen and oxygen atoms in total. The normalized spacial score (nSPS) is 15.4. The van der Waals surface area contributed by atoms with Crippen LogP contribution in [0.4, 0.5) is 5.13 Å². The minimum Gasteiger partial charge on any atom is -0.503 e. The second kappa shape index (κ2) is 12.8. The summed E-state index contributed by atoms with van der Waals surface area (Å²) in [4.78, 5) is 33.3. The number of aliphatic hydroxyl groups excluding tert-OH is 1. The zero-order chi connectivity index (χ0) is 29.8. The molecule has 0 aliphatic carbocycles. The van der Waals surface area contributed by atoms with E-state index >= 15 is 0 Å². The van der Waals surface area contributed by atoms with Crippen molar-refractivity contribution in [3.8, 4) is 11.5 Å². The molecule has 9 heteroatoms. The van der Waals surface area contributed by atoms with Gasteiger partial charge in [-0.1, -0.05) is 79.3 Å². The van der Waals surface area contributed by atoms with Crippen molar-refractivity contribution in [3.63, 3.8) is 0 Å². The number of anilines is 1. The molecule has 1 unspecified atom stereocenters. The number of hydrogen-bond acceptors (Lipinski definition) is 7. The molecule has 216 valence electrons. The zero-order valence-electron chi connectivity index (χ0n) is 23.5. The number of hydrogen-bond donors (Lipinski definition) is 1. The van der Waals surface area contributed by atoms with Gasteiger partial charge in [0.1, 0.15) is 0 Å². The van der Waals surface area contributed by atoms with Crippen LogP contribution in [-0.4, -0.2) is 35.0 Å². The third-order valence-electron chi connectivity index (χ3n) is 6.78. The quantitative estimate of drug-likeness (QED) is 0.175. The van der Waals surface area contributed by atoms with E-state index < -0.39 is 23.5 Å². The zero-order valence-corrected chi connectivity index (χ0v) is 25.1. The number of benzene rings is 3. The Labute approximate surface area is 253 Å².